The van der Waals surface area contributed by atoms with Gasteiger partial charge in [0.15, 0.2) is 11.4 Å². The Hall–Kier alpha value is -2.62. The summed E-state index contributed by atoms with van der Waals surface area (Å²) in [5, 5.41) is 0. The van der Waals surface area contributed by atoms with E-state index in [4.69, 9.17) is 4.42 Å². The molecule has 0 amide bonds. The highest BCUT2D eigenvalue weighted by Gasteiger charge is 2.17. The summed E-state index contributed by atoms with van der Waals surface area (Å²) in [6.07, 6.45) is 0. The van der Waals surface area contributed by atoms with Crippen LogP contribution in [0.5, 0.6) is 0 Å². The predicted molar refractivity (Wildman–Crippen MR) is 80.7 cm³/mol. The Labute approximate surface area is 121 Å². The summed E-state index contributed by atoms with van der Waals surface area (Å²) in [7, 11) is 0. The molecule has 1 unspecified atom stereocenters. The van der Waals surface area contributed by atoms with E-state index in [2.05, 4.69) is 0 Å². The van der Waals surface area contributed by atoms with Crippen LogP contribution in [0.2, 0.25) is 0 Å². The zero-order valence-electron chi connectivity index (χ0n) is 11.9. The number of hydrogen-bond acceptors (Lipinski definition) is 3. The van der Waals surface area contributed by atoms with Gasteiger partial charge < -0.3 is 4.42 Å². The number of Topliss-reactive ketones (excluding diaryl/α,β-unsaturated/α-hetero) is 1. The topological polar surface area (TPSA) is 52.2 Å². The van der Waals surface area contributed by atoms with E-state index in [-0.39, 0.29) is 11.8 Å². The van der Waals surface area contributed by atoms with Crippen molar-refractivity contribution in [3.63, 3.8) is 0 Å². The van der Waals surface area contributed by atoms with Crippen molar-refractivity contribution < 1.29 is 9.21 Å². The van der Waals surface area contributed by atoms with E-state index in [9.17, 15) is 9.59 Å². The number of aromatic nitrogens is 1. The minimum absolute atomic E-state index is 0.0524. The Kier molecular flexibility index (Phi) is 3.22. The molecular formula is C17H15NO3. The second kappa shape index (κ2) is 5.05. The van der Waals surface area contributed by atoms with Crippen LogP contribution in [0.25, 0.3) is 11.1 Å². The molecule has 0 radical (unpaired) electrons. The molecule has 4 nitrogen and oxygen atoms in total. The largest absolute Gasteiger partial charge is 0.420 e. The van der Waals surface area contributed by atoms with Crippen LogP contribution in [0.1, 0.15) is 35.8 Å². The smallest absolute Gasteiger partial charge is 0.408 e. The van der Waals surface area contributed by atoms with Crippen molar-refractivity contribution in [1.29, 1.82) is 0 Å². The number of ketones is 1. The number of oxazole rings is 1. The number of carbonyl (C=O) groups excluding carboxylic acids is 1. The van der Waals surface area contributed by atoms with Gasteiger partial charge in [-0.3, -0.25) is 9.36 Å². The van der Waals surface area contributed by atoms with Crippen LogP contribution in [0.15, 0.2) is 57.7 Å². The Balaban J connectivity index is 2.17. The van der Waals surface area contributed by atoms with Crippen molar-refractivity contribution in [2.24, 2.45) is 0 Å². The summed E-state index contributed by atoms with van der Waals surface area (Å²) in [6.45, 7) is 3.44. The number of benzene rings is 2. The molecule has 0 bridgehead atoms. The van der Waals surface area contributed by atoms with Crippen LogP contribution in [-0.4, -0.2) is 10.4 Å². The molecule has 106 valence electrons. The highest BCUT2D eigenvalue weighted by atomic mass is 16.4. The first-order valence-corrected chi connectivity index (χ1v) is 6.79. The molecule has 0 saturated heterocycles. The summed E-state index contributed by atoms with van der Waals surface area (Å²) in [4.78, 5) is 23.6. The van der Waals surface area contributed by atoms with Crippen LogP contribution in [0.3, 0.4) is 0 Å². The number of hydrogen-bond donors (Lipinski definition) is 0. The van der Waals surface area contributed by atoms with Gasteiger partial charge in [0.1, 0.15) is 0 Å². The Bertz CT molecular complexity index is 859. The van der Waals surface area contributed by atoms with Gasteiger partial charge in [-0.25, -0.2) is 4.79 Å². The number of fused-ring (bicyclic) bond motifs is 1. The second-order valence-electron chi connectivity index (χ2n) is 5.06. The maximum atomic E-state index is 12.1. The maximum Gasteiger partial charge on any atom is 0.420 e. The SMILES string of the molecule is CC(=O)c1ccc2c(c1)oc(=O)n2C(C)c1ccccc1. The highest BCUT2D eigenvalue weighted by molar-refractivity contribution is 5.96. The van der Waals surface area contributed by atoms with Crippen molar-refractivity contribution in [2.45, 2.75) is 19.9 Å². The summed E-state index contributed by atoms with van der Waals surface area (Å²) in [5.74, 6) is -0.467. The standard InChI is InChI=1S/C17H15NO3/c1-11(13-6-4-3-5-7-13)18-15-9-8-14(12(2)19)10-16(15)21-17(18)20/h3-11H,1-2H3. The molecule has 0 saturated carbocycles. The van der Waals surface area contributed by atoms with Gasteiger partial charge in [-0.2, -0.15) is 0 Å². The molecule has 21 heavy (non-hydrogen) atoms. The average molecular weight is 281 g/mol. The molecule has 1 atom stereocenters. The van der Waals surface area contributed by atoms with Gasteiger partial charge in [0.05, 0.1) is 11.6 Å². The third kappa shape index (κ3) is 2.29. The molecule has 2 aromatic carbocycles. The minimum Gasteiger partial charge on any atom is -0.408 e. The van der Waals surface area contributed by atoms with Gasteiger partial charge >= 0.3 is 5.76 Å². The molecule has 4 heteroatoms. The normalized spacial score (nSPS) is 12.5. The van der Waals surface area contributed by atoms with Gasteiger partial charge in [0, 0.05) is 5.56 Å². The van der Waals surface area contributed by atoms with E-state index in [1.54, 1.807) is 22.8 Å². The van der Waals surface area contributed by atoms with Crippen molar-refractivity contribution in [3.8, 4) is 0 Å². The monoisotopic (exact) mass is 281 g/mol. The third-order valence-electron chi connectivity index (χ3n) is 3.69. The maximum absolute atomic E-state index is 12.1. The fourth-order valence-electron chi connectivity index (χ4n) is 2.50. The molecule has 3 rings (SSSR count). The van der Waals surface area contributed by atoms with E-state index in [0.717, 1.165) is 5.56 Å². The summed E-state index contributed by atoms with van der Waals surface area (Å²) in [6, 6.07) is 14.7. The molecule has 1 aromatic heterocycles. The van der Waals surface area contributed by atoms with Crippen molar-refractivity contribution >= 4 is 16.9 Å². The first kappa shape index (κ1) is 13.4. The zero-order valence-corrected chi connectivity index (χ0v) is 11.9. The van der Waals surface area contributed by atoms with E-state index in [1.165, 1.54) is 6.92 Å². The Morgan fingerprint density at radius 1 is 1.14 bits per heavy atom. The number of rotatable bonds is 3. The lowest BCUT2D eigenvalue weighted by Crippen LogP contribution is -2.19. The molecule has 0 fully saturated rings. The molecular weight excluding hydrogens is 266 g/mol. The molecule has 0 N–H and O–H groups in total. The van der Waals surface area contributed by atoms with Crippen LogP contribution < -0.4 is 5.76 Å². The van der Waals surface area contributed by atoms with Crippen LogP contribution in [0.4, 0.5) is 0 Å². The summed E-state index contributed by atoms with van der Waals surface area (Å²) >= 11 is 0. The van der Waals surface area contributed by atoms with Crippen LogP contribution in [-0.2, 0) is 0 Å². The Morgan fingerprint density at radius 2 is 1.86 bits per heavy atom. The highest BCUT2D eigenvalue weighted by Crippen LogP contribution is 2.23. The zero-order chi connectivity index (χ0) is 15.0. The van der Waals surface area contributed by atoms with Crippen molar-refractivity contribution in [2.75, 3.05) is 0 Å². The van der Waals surface area contributed by atoms with E-state index in [0.29, 0.717) is 16.7 Å². The second-order valence-corrected chi connectivity index (χ2v) is 5.06. The first-order valence-electron chi connectivity index (χ1n) is 6.79. The molecule has 3 aromatic rings. The third-order valence-corrected chi connectivity index (χ3v) is 3.69. The number of carbonyl (C=O) groups is 1. The van der Waals surface area contributed by atoms with E-state index in [1.807, 2.05) is 37.3 Å². The molecule has 0 aliphatic rings. The van der Waals surface area contributed by atoms with Gasteiger partial charge in [-0.1, -0.05) is 30.3 Å². The van der Waals surface area contributed by atoms with Gasteiger partial charge in [0.2, 0.25) is 0 Å². The predicted octanol–water partition coefficient (Wildman–Crippen LogP) is 3.41. The lowest BCUT2D eigenvalue weighted by atomic mass is 10.1. The average Bonchev–Trinajstić information content (AvgIpc) is 2.82. The summed E-state index contributed by atoms with van der Waals surface area (Å²) in [5.41, 5.74) is 2.70. The number of nitrogens with zero attached hydrogens (tertiary/aromatic N) is 1. The molecule has 0 aliphatic carbocycles. The van der Waals surface area contributed by atoms with Crippen molar-refractivity contribution in [1.82, 2.24) is 4.57 Å². The molecule has 1 heterocycles. The van der Waals surface area contributed by atoms with Gasteiger partial charge in [0.25, 0.3) is 0 Å². The molecule has 0 aliphatic heterocycles. The van der Waals surface area contributed by atoms with Crippen molar-refractivity contribution in [3.05, 3.63) is 70.2 Å². The van der Waals surface area contributed by atoms with Crippen LogP contribution in [0, 0.1) is 0 Å². The van der Waals surface area contributed by atoms with E-state index < -0.39 is 5.76 Å². The van der Waals surface area contributed by atoms with Crippen LogP contribution >= 0.6 is 0 Å². The minimum atomic E-state index is -0.415. The lowest BCUT2D eigenvalue weighted by Gasteiger charge is -2.12. The van der Waals surface area contributed by atoms with Gasteiger partial charge in [-0.05, 0) is 37.6 Å². The fraction of sp³-hybridized carbons (Fsp3) is 0.176. The fourth-order valence-corrected chi connectivity index (χ4v) is 2.50. The van der Waals surface area contributed by atoms with E-state index >= 15 is 0 Å². The van der Waals surface area contributed by atoms with Gasteiger partial charge in [-0.15, -0.1) is 0 Å². The molecule has 0 spiro atoms. The Morgan fingerprint density at radius 3 is 2.52 bits per heavy atom. The first-order chi connectivity index (χ1) is 10.1. The lowest BCUT2D eigenvalue weighted by molar-refractivity contribution is 0.101. The summed E-state index contributed by atoms with van der Waals surface area (Å²) < 4.78 is 6.89. The quantitative estimate of drug-likeness (QED) is 0.691.